The molecule has 0 aliphatic rings. The third-order valence-electron chi connectivity index (χ3n) is 6.82. The number of furan rings is 1. The predicted molar refractivity (Wildman–Crippen MR) is 151 cm³/mol. The Kier molecular flexibility index (Phi) is 10.9. The van der Waals surface area contributed by atoms with Crippen molar-refractivity contribution in [2.75, 3.05) is 26.2 Å². The minimum Gasteiger partial charge on any atom is -0.462 e. The van der Waals surface area contributed by atoms with Gasteiger partial charge in [-0.1, -0.05) is 51.5 Å². The molecule has 0 bridgehead atoms. The van der Waals surface area contributed by atoms with Crippen molar-refractivity contribution in [3.05, 3.63) is 70.0 Å². The number of ketones is 1. The van der Waals surface area contributed by atoms with Gasteiger partial charge in [-0.3, -0.25) is 4.79 Å². The lowest BCUT2D eigenvalue weighted by molar-refractivity contribution is 0.0525. The first-order valence-corrected chi connectivity index (χ1v) is 14.0. The van der Waals surface area contributed by atoms with Crippen molar-refractivity contribution in [2.24, 2.45) is 0 Å². The quantitative estimate of drug-likeness (QED) is 0.158. The Hall–Kier alpha value is -2.92. The maximum atomic E-state index is 13.8. The topological polar surface area (TPSA) is 59.8 Å². The van der Waals surface area contributed by atoms with Crippen LogP contribution in [0.2, 0.25) is 0 Å². The van der Waals surface area contributed by atoms with Crippen LogP contribution in [-0.4, -0.2) is 42.9 Å². The van der Waals surface area contributed by atoms with Crippen LogP contribution in [0.5, 0.6) is 0 Å². The van der Waals surface area contributed by atoms with E-state index in [4.69, 9.17) is 9.15 Å². The monoisotopic (exact) mass is 505 g/mol. The van der Waals surface area contributed by atoms with Gasteiger partial charge in [0.1, 0.15) is 11.3 Å². The molecular weight excluding hydrogens is 462 g/mol. The molecule has 1 heterocycles. The van der Waals surface area contributed by atoms with Crippen molar-refractivity contribution in [2.45, 2.75) is 79.6 Å². The zero-order valence-electron chi connectivity index (χ0n) is 23.3. The summed E-state index contributed by atoms with van der Waals surface area (Å²) in [6.45, 7) is 13.9. The van der Waals surface area contributed by atoms with Gasteiger partial charge in [-0.25, -0.2) is 4.79 Å². The first kappa shape index (κ1) is 28.6. The van der Waals surface area contributed by atoms with E-state index >= 15 is 0 Å². The molecule has 0 saturated carbocycles. The maximum Gasteiger partial charge on any atom is 0.338 e. The molecule has 3 aromatic rings. The van der Waals surface area contributed by atoms with E-state index in [1.807, 2.05) is 25.1 Å². The predicted octanol–water partition coefficient (Wildman–Crippen LogP) is 7.55. The number of fused-ring (bicyclic) bond motifs is 1. The SMILES string of the molecule is CCCCc1oc2cc(C)c(C(=O)OCC)cc2c1C(=O)c1ccc(CCCN(CCC)CCC)cc1. The van der Waals surface area contributed by atoms with E-state index in [2.05, 4.69) is 37.8 Å². The van der Waals surface area contributed by atoms with Crippen LogP contribution in [-0.2, 0) is 17.6 Å². The van der Waals surface area contributed by atoms with E-state index in [1.54, 1.807) is 13.0 Å². The Morgan fingerprint density at radius 3 is 2.19 bits per heavy atom. The van der Waals surface area contributed by atoms with Crippen molar-refractivity contribution in [1.82, 2.24) is 4.90 Å². The zero-order chi connectivity index (χ0) is 26.8. The van der Waals surface area contributed by atoms with Crippen LogP contribution < -0.4 is 0 Å². The second-order valence-corrected chi connectivity index (χ2v) is 9.86. The van der Waals surface area contributed by atoms with Gasteiger partial charge >= 0.3 is 5.97 Å². The molecule has 2 aromatic carbocycles. The summed E-state index contributed by atoms with van der Waals surface area (Å²) in [5.74, 6) is 0.253. The summed E-state index contributed by atoms with van der Waals surface area (Å²) in [5, 5.41) is 0.681. The summed E-state index contributed by atoms with van der Waals surface area (Å²) in [7, 11) is 0. The van der Waals surface area contributed by atoms with Crippen molar-refractivity contribution in [3.8, 4) is 0 Å². The van der Waals surface area contributed by atoms with E-state index in [0.29, 0.717) is 46.4 Å². The average Bonchev–Trinajstić information content (AvgIpc) is 3.24. The van der Waals surface area contributed by atoms with Gasteiger partial charge in [0.25, 0.3) is 0 Å². The normalized spacial score (nSPS) is 11.4. The Morgan fingerprint density at radius 2 is 1.57 bits per heavy atom. The Labute approximate surface area is 222 Å². The molecule has 1 aromatic heterocycles. The molecule has 0 saturated heterocycles. The van der Waals surface area contributed by atoms with E-state index < -0.39 is 0 Å². The first-order valence-electron chi connectivity index (χ1n) is 14.0. The van der Waals surface area contributed by atoms with Crippen molar-refractivity contribution >= 4 is 22.7 Å². The number of carbonyl (C=O) groups excluding carboxylic acids is 2. The van der Waals surface area contributed by atoms with E-state index in [-0.39, 0.29) is 11.8 Å². The molecule has 0 spiro atoms. The van der Waals surface area contributed by atoms with Gasteiger partial charge in [-0.05, 0) is 88.8 Å². The molecule has 0 atom stereocenters. The molecule has 200 valence electrons. The summed E-state index contributed by atoms with van der Waals surface area (Å²) in [4.78, 5) is 28.8. The van der Waals surface area contributed by atoms with Crippen LogP contribution in [0.25, 0.3) is 11.0 Å². The molecule has 0 aliphatic carbocycles. The molecule has 0 aliphatic heterocycles. The highest BCUT2D eigenvalue weighted by atomic mass is 16.5. The van der Waals surface area contributed by atoms with Gasteiger partial charge < -0.3 is 14.1 Å². The number of ether oxygens (including phenoxy) is 1. The number of benzene rings is 2. The number of unbranched alkanes of at least 4 members (excludes halogenated alkanes) is 1. The molecule has 3 rings (SSSR count). The summed E-state index contributed by atoms with van der Waals surface area (Å²) in [6, 6.07) is 11.6. The Balaban J connectivity index is 1.86. The van der Waals surface area contributed by atoms with Crippen LogP contribution in [0.15, 0.2) is 40.8 Å². The van der Waals surface area contributed by atoms with Crippen LogP contribution in [0.3, 0.4) is 0 Å². The standard InChI is InChI=1S/C32H43NO4/c1-6-10-13-28-30(27-22-26(32(35)36-9-4)23(5)21-29(27)37-28)31(34)25-16-14-24(15-17-25)12-11-20-33(18-7-2)19-8-3/h14-17,21-22H,6-13,18-20H2,1-5H3. The Morgan fingerprint density at radius 1 is 0.865 bits per heavy atom. The number of hydrogen-bond acceptors (Lipinski definition) is 5. The van der Waals surface area contributed by atoms with E-state index in [9.17, 15) is 9.59 Å². The van der Waals surface area contributed by atoms with Crippen LogP contribution in [0, 0.1) is 6.92 Å². The van der Waals surface area contributed by atoms with Crippen molar-refractivity contribution < 1.29 is 18.7 Å². The third kappa shape index (κ3) is 7.32. The fourth-order valence-electron chi connectivity index (χ4n) is 4.93. The molecule has 0 N–H and O–H groups in total. The molecule has 0 unspecified atom stereocenters. The van der Waals surface area contributed by atoms with Crippen LogP contribution in [0.4, 0.5) is 0 Å². The van der Waals surface area contributed by atoms with Gasteiger partial charge in [-0.15, -0.1) is 0 Å². The number of nitrogens with zero attached hydrogens (tertiary/aromatic N) is 1. The highest BCUT2D eigenvalue weighted by molar-refractivity contribution is 6.17. The van der Waals surface area contributed by atoms with Crippen LogP contribution in [0.1, 0.15) is 103 Å². The molecule has 5 nitrogen and oxygen atoms in total. The lowest BCUT2D eigenvalue weighted by atomic mass is 9.95. The molecule has 5 heteroatoms. The molecule has 0 amide bonds. The fraction of sp³-hybridized carbons (Fsp3) is 0.500. The van der Waals surface area contributed by atoms with Gasteiger partial charge in [0, 0.05) is 17.4 Å². The molecule has 0 radical (unpaired) electrons. The van der Waals surface area contributed by atoms with Gasteiger partial charge in [0.2, 0.25) is 0 Å². The largest absolute Gasteiger partial charge is 0.462 e. The smallest absolute Gasteiger partial charge is 0.338 e. The molecule has 0 fully saturated rings. The minimum atomic E-state index is -0.377. The summed E-state index contributed by atoms with van der Waals surface area (Å²) in [5.41, 5.74) is 4.34. The average molecular weight is 506 g/mol. The number of hydrogen-bond donors (Lipinski definition) is 0. The van der Waals surface area contributed by atoms with Gasteiger partial charge in [0.05, 0.1) is 17.7 Å². The van der Waals surface area contributed by atoms with E-state index in [1.165, 1.54) is 18.4 Å². The molecule has 37 heavy (non-hydrogen) atoms. The third-order valence-corrected chi connectivity index (χ3v) is 6.82. The lowest BCUT2D eigenvalue weighted by Crippen LogP contribution is -2.26. The van der Waals surface area contributed by atoms with Gasteiger partial charge in [0.15, 0.2) is 5.78 Å². The first-order chi connectivity index (χ1) is 17.9. The fourth-order valence-corrected chi connectivity index (χ4v) is 4.93. The van der Waals surface area contributed by atoms with Crippen molar-refractivity contribution in [1.29, 1.82) is 0 Å². The highest BCUT2D eigenvalue weighted by Crippen LogP contribution is 2.32. The second-order valence-electron chi connectivity index (χ2n) is 9.86. The van der Waals surface area contributed by atoms with E-state index in [0.717, 1.165) is 50.9 Å². The second kappa shape index (κ2) is 14.1. The number of carbonyl (C=O) groups is 2. The lowest BCUT2D eigenvalue weighted by Gasteiger charge is -2.20. The zero-order valence-corrected chi connectivity index (χ0v) is 23.3. The number of rotatable bonds is 15. The number of aryl methyl sites for hydroxylation is 3. The number of esters is 1. The maximum absolute atomic E-state index is 13.8. The van der Waals surface area contributed by atoms with Gasteiger partial charge in [-0.2, -0.15) is 0 Å². The van der Waals surface area contributed by atoms with Crippen molar-refractivity contribution in [3.63, 3.8) is 0 Å². The summed E-state index contributed by atoms with van der Waals surface area (Å²) in [6.07, 6.45) is 7.08. The highest BCUT2D eigenvalue weighted by Gasteiger charge is 2.24. The summed E-state index contributed by atoms with van der Waals surface area (Å²) >= 11 is 0. The summed E-state index contributed by atoms with van der Waals surface area (Å²) < 4.78 is 11.4. The molecular formula is C32H43NO4. The Bertz CT molecular complexity index is 1170. The minimum absolute atomic E-state index is 0.0628. The van der Waals surface area contributed by atoms with Crippen LogP contribution >= 0.6 is 0 Å².